The average molecular weight is 313 g/mol. The Morgan fingerprint density at radius 3 is 2.58 bits per heavy atom. The molecule has 6 nitrogen and oxygen atoms in total. The molecule has 0 radical (unpaired) electrons. The number of hydrogen-bond acceptors (Lipinski definition) is 5. The molecule has 6 heteroatoms. The second kappa shape index (κ2) is 6.15. The first kappa shape index (κ1) is 15.1. The van der Waals surface area contributed by atoms with Crippen LogP contribution in [-0.2, 0) is 0 Å². The van der Waals surface area contributed by atoms with Crippen molar-refractivity contribution in [3.8, 4) is 12.1 Å². The van der Waals surface area contributed by atoms with Crippen LogP contribution in [0.2, 0.25) is 0 Å². The predicted molar refractivity (Wildman–Crippen MR) is 88.1 cm³/mol. The summed E-state index contributed by atoms with van der Waals surface area (Å²) in [5, 5.41) is 18.9. The highest BCUT2D eigenvalue weighted by Crippen LogP contribution is 2.22. The second-order valence-corrected chi connectivity index (χ2v) is 5.07. The van der Waals surface area contributed by atoms with Gasteiger partial charge in [-0.3, -0.25) is 9.69 Å². The predicted octanol–water partition coefficient (Wildman–Crippen LogP) is 2.65. The molecule has 1 amide bonds. The minimum Gasteiger partial charge on any atom is -0.294 e. The lowest BCUT2D eigenvalue weighted by atomic mass is 10.1. The fourth-order valence-corrected chi connectivity index (χ4v) is 2.29. The van der Waals surface area contributed by atoms with Crippen molar-refractivity contribution in [2.45, 2.75) is 0 Å². The third-order valence-corrected chi connectivity index (χ3v) is 3.58. The molecule has 0 saturated heterocycles. The summed E-state index contributed by atoms with van der Waals surface area (Å²) in [6.45, 7) is 0. The molecule has 114 valence electrons. The van der Waals surface area contributed by atoms with Gasteiger partial charge in [0.1, 0.15) is 17.6 Å². The molecule has 3 rings (SSSR count). The van der Waals surface area contributed by atoms with Gasteiger partial charge in [0.2, 0.25) is 0 Å². The van der Waals surface area contributed by atoms with Gasteiger partial charge in [0.15, 0.2) is 0 Å². The van der Waals surface area contributed by atoms with Gasteiger partial charge in [-0.25, -0.2) is 9.97 Å². The first-order valence-electron chi connectivity index (χ1n) is 7.08. The number of rotatable bonds is 2. The lowest BCUT2D eigenvalue weighted by Crippen LogP contribution is -2.28. The highest BCUT2D eigenvalue weighted by Gasteiger charge is 2.17. The number of nitriles is 2. The summed E-state index contributed by atoms with van der Waals surface area (Å²) in [4.78, 5) is 22.3. The minimum absolute atomic E-state index is 0.199. The highest BCUT2D eigenvalue weighted by molar-refractivity contribution is 6.04. The van der Waals surface area contributed by atoms with Crippen LogP contribution < -0.4 is 4.90 Å². The molecule has 3 aromatic rings. The first-order valence-corrected chi connectivity index (χ1v) is 7.08. The molecular formula is C18H11N5O. The number of fused-ring (bicyclic) bond motifs is 1. The van der Waals surface area contributed by atoms with E-state index in [0.717, 1.165) is 5.39 Å². The van der Waals surface area contributed by atoms with E-state index in [0.29, 0.717) is 22.5 Å². The van der Waals surface area contributed by atoms with Crippen LogP contribution in [0.25, 0.3) is 10.9 Å². The zero-order valence-electron chi connectivity index (χ0n) is 12.8. The topological polar surface area (TPSA) is 93.7 Å². The summed E-state index contributed by atoms with van der Waals surface area (Å²) in [5.74, 6) is -0.00688. The Labute approximate surface area is 138 Å². The van der Waals surface area contributed by atoms with Crippen molar-refractivity contribution in [3.63, 3.8) is 0 Å². The Balaban J connectivity index is 2.01. The number of para-hydroxylation sites is 1. The highest BCUT2D eigenvalue weighted by atomic mass is 16.2. The van der Waals surface area contributed by atoms with E-state index < -0.39 is 0 Å². The van der Waals surface area contributed by atoms with Crippen LogP contribution in [0.1, 0.15) is 21.6 Å². The minimum atomic E-state index is -0.369. The van der Waals surface area contributed by atoms with Crippen molar-refractivity contribution >= 4 is 22.6 Å². The van der Waals surface area contributed by atoms with Gasteiger partial charge in [-0.05, 0) is 24.3 Å². The molecule has 0 fully saturated rings. The van der Waals surface area contributed by atoms with Crippen molar-refractivity contribution in [3.05, 3.63) is 65.5 Å². The van der Waals surface area contributed by atoms with Crippen LogP contribution in [0.5, 0.6) is 0 Å². The summed E-state index contributed by atoms with van der Waals surface area (Å²) in [6, 6.07) is 15.9. The third-order valence-electron chi connectivity index (χ3n) is 3.58. The molecule has 0 unspecified atom stereocenters. The first-order chi connectivity index (χ1) is 11.6. The molecule has 0 atom stereocenters. The van der Waals surface area contributed by atoms with Crippen LogP contribution in [0.3, 0.4) is 0 Å². The molecule has 24 heavy (non-hydrogen) atoms. The van der Waals surface area contributed by atoms with Gasteiger partial charge in [-0.2, -0.15) is 10.5 Å². The molecule has 2 aromatic heterocycles. The summed E-state index contributed by atoms with van der Waals surface area (Å²) in [5.41, 5.74) is 1.66. The van der Waals surface area contributed by atoms with Crippen LogP contribution in [0, 0.1) is 22.7 Å². The average Bonchev–Trinajstić information content (AvgIpc) is 2.65. The van der Waals surface area contributed by atoms with Gasteiger partial charge in [0, 0.05) is 18.6 Å². The van der Waals surface area contributed by atoms with E-state index >= 15 is 0 Å². The third kappa shape index (κ3) is 2.65. The molecular weight excluding hydrogens is 302 g/mol. The Kier molecular flexibility index (Phi) is 3.88. The van der Waals surface area contributed by atoms with E-state index in [4.69, 9.17) is 5.26 Å². The van der Waals surface area contributed by atoms with Crippen molar-refractivity contribution in [1.82, 2.24) is 9.97 Å². The second-order valence-electron chi connectivity index (χ2n) is 5.07. The van der Waals surface area contributed by atoms with Gasteiger partial charge >= 0.3 is 0 Å². The Hall–Kier alpha value is -3.77. The number of benzene rings is 1. The smallest absolute Gasteiger partial charge is 0.277 e. The van der Waals surface area contributed by atoms with Crippen LogP contribution in [0.4, 0.5) is 5.82 Å². The molecule has 0 spiro atoms. The lowest BCUT2D eigenvalue weighted by molar-refractivity contribution is 0.0987. The van der Waals surface area contributed by atoms with E-state index in [9.17, 15) is 10.1 Å². The number of amides is 1. The number of anilines is 1. The Morgan fingerprint density at radius 2 is 1.92 bits per heavy atom. The molecule has 0 aliphatic rings. The Morgan fingerprint density at radius 1 is 1.12 bits per heavy atom. The standard InChI is InChI=1S/C18H11N5O/c1-23(18(24)16-7-6-12(9-19)11-21-16)17-8-13(10-20)14-4-2-3-5-15(14)22-17/h2-8,11H,1H3. The van der Waals surface area contributed by atoms with Crippen LogP contribution >= 0.6 is 0 Å². The maximum atomic E-state index is 12.5. The van der Waals surface area contributed by atoms with Gasteiger partial charge in [-0.15, -0.1) is 0 Å². The van der Waals surface area contributed by atoms with Crippen molar-refractivity contribution in [2.24, 2.45) is 0 Å². The molecule has 0 aliphatic heterocycles. The maximum Gasteiger partial charge on any atom is 0.277 e. The van der Waals surface area contributed by atoms with E-state index in [1.165, 1.54) is 23.2 Å². The Bertz CT molecular complexity index is 1010. The van der Waals surface area contributed by atoms with E-state index in [1.807, 2.05) is 24.3 Å². The number of pyridine rings is 2. The van der Waals surface area contributed by atoms with Crippen molar-refractivity contribution in [2.75, 3.05) is 11.9 Å². The SMILES string of the molecule is CN(C(=O)c1ccc(C#N)cn1)c1cc(C#N)c2ccccc2n1. The quantitative estimate of drug-likeness (QED) is 0.725. The molecule has 1 aromatic carbocycles. The number of carbonyl (C=O) groups excluding carboxylic acids is 1. The van der Waals surface area contributed by atoms with Crippen molar-refractivity contribution in [1.29, 1.82) is 10.5 Å². The normalized spacial score (nSPS) is 9.96. The monoisotopic (exact) mass is 313 g/mol. The molecule has 0 N–H and O–H groups in total. The van der Waals surface area contributed by atoms with Crippen LogP contribution in [-0.4, -0.2) is 22.9 Å². The number of nitrogens with zero attached hydrogens (tertiary/aromatic N) is 5. The van der Waals surface area contributed by atoms with Crippen LogP contribution in [0.15, 0.2) is 48.7 Å². The summed E-state index contributed by atoms with van der Waals surface area (Å²) in [6.07, 6.45) is 1.34. The summed E-state index contributed by atoms with van der Waals surface area (Å²) >= 11 is 0. The molecule has 0 saturated carbocycles. The van der Waals surface area contributed by atoms with Gasteiger partial charge in [0.25, 0.3) is 5.91 Å². The number of hydrogen-bond donors (Lipinski definition) is 0. The lowest BCUT2D eigenvalue weighted by Gasteiger charge is -2.17. The summed E-state index contributed by atoms with van der Waals surface area (Å²) in [7, 11) is 1.57. The van der Waals surface area contributed by atoms with Crippen molar-refractivity contribution < 1.29 is 4.79 Å². The number of aromatic nitrogens is 2. The fourth-order valence-electron chi connectivity index (χ4n) is 2.29. The zero-order chi connectivity index (χ0) is 17.1. The van der Waals surface area contributed by atoms with Gasteiger partial charge < -0.3 is 0 Å². The largest absolute Gasteiger partial charge is 0.294 e. The molecule has 0 aliphatic carbocycles. The molecule has 0 bridgehead atoms. The van der Waals surface area contributed by atoms with E-state index in [2.05, 4.69) is 16.0 Å². The molecule has 2 heterocycles. The van der Waals surface area contributed by atoms with E-state index in [1.54, 1.807) is 19.2 Å². The van der Waals surface area contributed by atoms with E-state index in [-0.39, 0.29) is 11.6 Å². The maximum absolute atomic E-state index is 12.5. The van der Waals surface area contributed by atoms with Gasteiger partial charge in [-0.1, -0.05) is 18.2 Å². The fraction of sp³-hybridized carbons (Fsp3) is 0.0556. The zero-order valence-corrected chi connectivity index (χ0v) is 12.8. The number of carbonyl (C=O) groups is 1. The summed E-state index contributed by atoms with van der Waals surface area (Å²) < 4.78 is 0. The van der Waals surface area contributed by atoms with Gasteiger partial charge in [0.05, 0.1) is 22.7 Å².